The molecule has 0 saturated carbocycles. The number of ether oxygens (including phenoxy) is 2. The molecule has 2 amide bonds. The number of nitrogens with one attached hydrogen (secondary N) is 1. The quantitative estimate of drug-likeness (QED) is 0.452. The highest BCUT2D eigenvalue weighted by Crippen LogP contribution is 2.36. The summed E-state index contributed by atoms with van der Waals surface area (Å²) in [5.41, 5.74) is 2.64. The molecule has 0 spiro atoms. The van der Waals surface area contributed by atoms with Crippen molar-refractivity contribution < 1.29 is 14.3 Å². The molecule has 1 N–H and O–H groups in total. The highest BCUT2D eigenvalue weighted by atomic mass is 35.5. The van der Waals surface area contributed by atoms with Gasteiger partial charge in [0.2, 0.25) is 0 Å². The van der Waals surface area contributed by atoms with Crippen molar-refractivity contribution in [1.29, 1.82) is 0 Å². The first-order valence-corrected chi connectivity index (χ1v) is 11.1. The Kier molecular flexibility index (Phi) is 7.06. The van der Waals surface area contributed by atoms with Gasteiger partial charge in [-0.1, -0.05) is 59.6 Å². The number of carbonyl (C=O) groups is 1. The van der Waals surface area contributed by atoms with Crippen LogP contribution in [0, 0.1) is 0 Å². The Balaban J connectivity index is 1.56. The predicted octanol–water partition coefficient (Wildman–Crippen LogP) is 5.92. The van der Waals surface area contributed by atoms with Crippen LogP contribution in [0.1, 0.15) is 17.2 Å². The molecule has 0 radical (unpaired) electrons. The zero-order valence-electron chi connectivity index (χ0n) is 18.2. The molecule has 6 nitrogen and oxygen atoms in total. The van der Waals surface area contributed by atoms with Crippen molar-refractivity contribution in [3.8, 4) is 11.5 Å². The van der Waals surface area contributed by atoms with Crippen LogP contribution in [0.5, 0.6) is 11.5 Å². The normalized spacial score (nSPS) is 15.4. The van der Waals surface area contributed by atoms with E-state index in [0.29, 0.717) is 46.0 Å². The van der Waals surface area contributed by atoms with E-state index in [1.54, 1.807) is 37.3 Å². The number of anilines is 1. The molecule has 0 bridgehead atoms. The van der Waals surface area contributed by atoms with Gasteiger partial charge in [-0.2, -0.15) is 4.99 Å². The number of hydrogen-bond acceptors (Lipinski definition) is 4. The molecule has 8 heteroatoms. The Hall–Kier alpha value is -3.22. The number of amidine groups is 1. The van der Waals surface area contributed by atoms with Crippen LogP contribution < -0.4 is 19.7 Å². The molecular weight excluding hydrogens is 461 g/mol. The van der Waals surface area contributed by atoms with Gasteiger partial charge < -0.3 is 14.8 Å². The van der Waals surface area contributed by atoms with E-state index < -0.39 is 6.04 Å². The number of methoxy groups -OCH3 is 2. The Bertz CT molecular complexity index is 1180. The lowest BCUT2D eigenvalue weighted by atomic mass is 10.0. The minimum Gasteiger partial charge on any atom is -0.493 e. The second-order valence-corrected chi connectivity index (χ2v) is 8.24. The van der Waals surface area contributed by atoms with E-state index in [9.17, 15) is 4.79 Å². The molecule has 0 saturated heterocycles. The van der Waals surface area contributed by atoms with E-state index >= 15 is 0 Å². The average Bonchev–Trinajstić information content (AvgIpc) is 3.17. The zero-order chi connectivity index (χ0) is 23.4. The van der Waals surface area contributed by atoms with Gasteiger partial charge in [-0.3, -0.25) is 4.90 Å². The van der Waals surface area contributed by atoms with Crippen LogP contribution in [0.25, 0.3) is 0 Å². The summed E-state index contributed by atoms with van der Waals surface area (Å²) in [4.78, 5) is 18.9. The molecule has 0 aliphatic carbocycles. The summed E-state index contributed by atoms with van der Waals surface area (Å²) in [6.07, 6.45) is 0.710. The Morgan fingerprint density at radius 1 is 0.939 bits per heavy atom. The molecule has 170 valence electrons. The standard InChI is InChI=1S/C25H23Cl2N3O3/c1-32-21-11-8-16(14-22(21)33-2)12-13-28-24-23(17-6-4-3-5-7-17)30(25(31)29-24)18-9-10-19(26)20(27)15-18/h3-11,14-15,23H,12-13H2,1-2H3,(H,28,29,31). The molecule has 4 rings (SSSR count). The minimum absolute atomic E-state index is 0.365. The smallest absolute Gasteiger partial charge is 0.350 e. The number of aliphatic imine (C=N–C) groups is 1. The molecule has 1 aliphatic heterocycles. The molecule has 3 aromatic rings. The van der Waals surface area contributed by atoms with Crippen LogP contribution in [0.4, 0.5) is 10.5 Å². The van der Waals surface area contributed by atoms with Gasteiger partial charge in [0.05, 0.1) is 24.3 Å². The highest BCUT2D eigenvalue weighted by Gasteiger charge is 2.37. The molecular formula is C25H23Cl2N3O3. The maximum Gasteiger partial charge on any atom is 0.350 e. The van der Waals surface area contributed by atoms with Gasteiger partial charge in [-0.05, 0) is 47.9 Å². The third-order valence-electron chi connectivity index (χ3n) is 5.40. The first-order valence-electron chi connectivity index (χ1n) is 10.4. The van der Waals surface area contributed by atoms with Crippen molar-refractivity contribution in [2.45, 2.75) is 12.5 Å². The molecule has 1 unspecified atom stereocenters. The number of hydrogen-bond donors (Lipinski definition) is 1. The van der Waals surface area contributed by atoms with Crippen molar-refractivity contribution in [2.24, 2.45) is 4.99 Å². The summed E-state index contributed by atoms with van der Waals surface area (Å²) < 4.78 is 10.7. The summed E-state index contributed by atoms with van der Waals surface area (Å²) in [6.45, 7) is 0.583. The van der Waals surface area contributed by atoms with Gasteiger partial charge in [0.15, 0.2) is 11.5 Å². The number of rotatable bonds is 7. The van der Waals surface area contributed by atoms with Crippen molar-refractivity contribution in [3.05, 3.63) is 87.9 Å². The van der Waals surface area contributed by atoms with Gasteiger partial charge in [0.1, 0.15) is 11.9 Å². The predicted molar refractivity (Wildman–Crippen MR) is 132 cm³/mol. The van der Waals surface area contributed by atoms with Crippen LogP contribution in [0.15, 0.2) is 71.7 Å². The number of nitrogens with zero attached hydrogens (tertiary/aromatic N) is 2. The van der Waals surface area contributed by atoms with Gasteiger partial charge >= 0.3 is 6.03 Å². The number of amides is 2. The lowest BCUT2D eigenvalue weighted by Gasteiger charge is -2.26. The van der Waals surface area contributed by atoms with Crippen molar-refractivity contribution in [3.63, 3.8) is 0 Å². The topological polar surface area (TPSA) is 63.2 Å². The van der Waals surface area contributed by atoms with Gasteiger partial charge in [0.25, 0.3) is 0 Å². The minimum atomic E-state index is -0.402. The number of urea groups is 1. The molecule has 0 fully saturated rings. The van der Waals surface area contributed by atoms with Crippen LogP contribution >= 0.6 is 23.2 Å². The van der Waals surface area contributed by atoms with Crippen molar-refractivity contribution in [1.82, 2.24) is 5.32 Å². The number of halogens is 2. The van der Waals surface area contributed by atoms with E-state index in [0.717, 1.165) is 11.1 Å². The second kappa shape index (κ2) is 10.1. The van der Waals surface area contributed by atoms with Crippen molar-refractivity contribution in [2.75, 3.05) is 25.7 Å². The van der Waals surface area contributed by atoms with Crippen LogP contribution in [-0.2, 0) is 6.42 Å². The van der Waals surface area contributed by atoms with E-state index in [2.05, 4.69) is 10.3 Å². The molecule has 3 aromatic carbocycles. The third-order valence-corrected chi connectivity index (χ3v) is 6.14. The van der Waals surface area contributed by atoms with Gasteiger partial charge in [-0.25, -0.2) is 4.79 Å². The maximum absolute atomic E-state index is 12.9. The van der Waals surface area contributed by atoms with Gasteiger partial charge in [0, 0.05) is 12.2 Å². The maximum atomic E-state index is 12.9. The lowest BCUT2D eigenvalue weighted by molar-refractivity contribution is 0.255. The molecule has 1 heterocycles. The highest BCUT2D eigenvalue weighted by molar-refractivity contribution is 6.42. The summed E-state index contributed by atoms with van der Waals surface area (Å²) >= 11 is 12.3. The fourth-order valence-electron chi connectivity index (χ4n) is 3.79. The molecule has 1 atom stereocenters. The van der Waals surface area contributed by atoms with Crippen LogP contribution in [0.2, 0.25) is 10.0 Å². The molecule has 33 heavy (non-hydrogen) atoms. The third kappa shape index (κ3) is 4.92. The lowest BCUT2D eigenvalue weighted by Crippen LogP contribution is -2.36. The number of benzene rings is 3. The molecule has 0 aromatic heterocycles. The van der Waals surface area contributed by atoms with Crippen LogP contribution in [-0.4, -0.2) is 32.6 Å². The first-order chi connectivity index (χ1) is 16.0. The summed E-state index contributed by atoms with van der Waals surface area (Å²) in [5, 5.41) is 4.16. The Morgan fingerprint density at radius 3 is 2.39 bits per heavy atom. The van der Waals surface area contributed by atoms with Crippen molar-refractivity contribution >= 4 is 40.8 Å². The average molecular weight is 484 g/mol. The monoisotopic (exact) mass is 483 g/mol. The van der Waals surface area contributed by atoms with Crippen LogP contribution in [0.3, 0.4) is 0 Å². The van der Waals surface area contributed by atoms with E-state index in [1.165, 1.54) is 0 Å². The fourth-order valence-corrected chi connectivity index (χ4v) is 4.09. The summed E-state index contributed by atoms with van der Waals surface area (Å²) in [7, 11) is 3.22. The SMILES string of the molecule is COc1ccc(CCNC2=NC(=O)N(c3ccc(Cl)c(Cl)c3)C2c2ccccc2)cc1OC. The largest absolute Gasteiger partial charge is 0.493 e. The Morgan fingerprint density at radius 2 is 1.70 bits per heavy atom. The summed E-state index contributed by atoms with van der Waals surface area (Å²) in [6, 6.07) is 19.9. The van der Waals surface area contributed by atoms with E-state index in [1.807, 2.05) is 48.5 Å². The van der Waals surface area contributed by atoms with E-state index in [4.69, 9.17) is 32.7 Å². The number of carbonyl (C=O) groups excluding carboxylic acids is 1. The first kappa shape index (κ1) is 23.0. The zero-order valence-corrected chi connectivity index (χ0v) is 19.7. The second-order valence-electron chi connectivity index (χ2n) is 7.43. The summed E-state index contributed by atoms with van der Waals surface area (Å²) in [5.74, 6) is 1.94. The fraction of sp³-hybridized carbons (Fsp3) is 0.200. The van der Waals surface area contributed by atoms with Gasteiger partial charge in [-0.15, -0.1) is 0 Å². The Labute approximate surface area is 202 Å². The van der Waals surface area contributed by atoms with E-state index in [-0.39, 0.29) is 6.03 Å². The molecule has 1 aliphatic rings.